The van der Waals surface area contributed by atoms with Crippen molar-refractivity contribution in [1.82, 2.24) is 19.9 Å². The van der Waals surface area contributed by atoms with Crippen LogP contribution in [0.25, 0.3) is 22.2 Å². The minimum atomic E-state index is 0.558. The van der Waals surface area contributed by atoms with E-state index in [2.05, 4.69) is 70.7 Å². The van der Waals surface area contributed by atoms with Gasteiger partial charge in [0.2, 0.25) is 0 Å². The van der Waals surface area contributed by atoms with Gasteiger partial charge in [0, 0.05) is 42.7 Å². The lowest BCUT2D eigenvalue weighted by Gasteiger charge is -2.29. The highest BCUT2D eigenvalue weighted by molar-refractivity contribution is 5.90. The lowest BCUT2D eigenvalue weighted by Crippen LogP contribution is -2.31. The van der Waals surface area contributed by atoms with Gasteiger partial charge in [0.25, 0.3) is 0 Å². The fourth-order valence-electron chi connectivity index (χ4n) is 5.50. The zero-order valence-electron chi connectivity index (χ0n) is 18.6. The molecule has 0 bridgehead atoms. The van der Waals surface area contributed by atoms with Crippen LogP contribution in [0.5, 0.6) is 0 Å². The molecule has 4 heteroatoms. The second-order valence-electron chi connectivity index (χ2n) is 9.39. The van der Waals surface area contributed by atoms with Crippen molar-refractivity contribution in [2.75, 3.05) is 6.54 Å². The average molecular weight is 423 g/mol. The van der Waals surface area contributed by atoms with Gasteiger partial charge in [-0.1, -0.05) is 67.8 Å². The van der Waals surface area contributed by atoms with Gasteiger partial charge in [-0.25, -0.2) is 9.97 Å². The van der Waals surface area contributed by atoms with Crippen LogP contribution in [-0.2, 0) is 19.5 Å². The molecule has 2 aromatic heterocycles. The van der Waals surface area contributed by atoms with Crippen molar-refractivity contribution < 1.29 is 0 Å². The molecular formula is C28H30N4. The number of H-pyrrole nitrogens is 1. The molecule has 6 rings (SSSR count). The number of benzene rings is 2. The van der Waals surface area contributed by atoms with Gasteiger partial charge in [-0.05, 0) is 42.0 Å². The van der Waals surface area contributed by atoms with E-state index in [1.165, 1.54) is 71.1 Å². The van der Waals surface area contributed by atoms with E-state index in [4.69, 9.17) is 9.97 Å². The lowest BCUT2D eigenvalue weighted by atomic mass is 9.88. The van der Waals surface area contributed by atoms with Crippen molar-refractivity contribution in [2.24, 2.45) is 0 Å². The third-order valence-corrected chi connectivity index (χ3v) is 7.27. The molecule has 162 valence electrons. The standard InChI is InChI=1S/C28H30N4/c1-3-9-20(10-4-1)27-24(23-13-7-8-14-25(23)30-27)18-32-16-15-22-17-29-28(31-26(22)19-32)21-11-5-2-6-12-21/h1,3-4,7-10,13-14,17,21,30H,2,5-6,11-12,15-16,18-19H2. The number of fused-ring (bicyclic) bond motifs is 2. The van der Waals surface area contributed by atoms with Crippen molar-refractivity contribution in [3.05, 3.63) is 83.4 Å². The van der Waals surface area contributed by atoms with Crippen LogP contribution in [0.1, 0.15) is 60.7 Å². The number of hydrogen-bond acceptors (Lipinski definition) is 3. The summed E-state index contributed by atoms with van der Waals surface area (Å²) in [5, 5.41) is 1.32. The predicted molar refractivity (Wildman–Crippen MR) is 129 cm³/mol. The minimum absolute atomic E-state index is 0.558. The number of nitrogens with one attached hydrogen (secondary N) is 1. The number of hydrogen-bond donors (Lipinski definition) is 1. The van der Waals surface area contributed by atoms with Crippen molar-refractivity contribution >= 4 is 10.9 Å². The lowest BCUT2D eigenvalue weighted by molar-refractivity contribution is 0.241. The maximum absolute atomic E-state index is 5.10. The van der Waals surface area contributed by atoms with Crippen molar-refractivity contribution in [3.63, 3.8) is 0 Å². The van der Waals surface area contributed by atoms with Gasteiger partial charge >= 0.3 is 0 Å². The summed E-state index contributed by atoms with van der Waals surface area (Å²) < 4.78 is 0. The van der Waals surface area contributed by atoms with Crippen LogP contribution in [0.4, 0.5) is 0 Å². The molecule has 4 aromatic rings. The molecule has 1 aliphatic carbocycles. The highest BCUT2D eigenvalue weighted by Gasteiger charge is 2.24. The van der Waals surface area contributed by atoms with Crippen LogP contribution in [-0.4, -0.2) is 26.4 Å². The molecule has 0 spiro atoms. The summed E-state index contributed by atoms with van der Waals surface area (Å²) in [5.74, 6) is 1.64. The zero-order chi connectivity index (χ0) is 21.3. The second-order valence-corrected chi connectivity index (χ2v) is 9.39. The van der Waals surface area contributed by atoms with Crippen LogP contribution < -0.4 is 0 Å². The van der Waals surface area contributed by atoms with Crippen molar-refractivity contribution in [2.45, 2.75) is 57.5 Å². The molecule has 2 aliphatic rings. The highest BCUT2D eigenvalue weighted by Crippen LogP contribution is 2.34. The van der Waals surface area contributed by atoms with Crippen LogP contribution in [0, 0.1) is 0 Å². The summed E-state index contributed by atoms with van der Waals surface area (Å²) in [4.78, 5) is 16.1. The van der Waals surface area contributed by atoms with Gasteiger partial charge in [0.1, 0.15) is 5.82 Å². The third-order valence-electron chi connectivity index (χ3n) is 7.27. The van der Waals surface area contributed by atoms with Gasteiger partial charge < -0.3 is 4.98 Å². The van der Waals surface area contributed by atoms with Gasteiger partial charge in [0.05, 0.1) is 11.4 Å². The molecule has 0 unspecified atom stereocenters. The first-order valence-electron chi connectivity index (χ1n) is 12.1. The number of para-hydroxylation sites is 1. The molecular weight excluding hydrogens is 392 g/mol. The molecule has 1 fully saturated rings. The Morgan fingerprint density at radius 1 is 0.938 bits per heavy atom. The quantitative estimate of drug-likeness (QED) is 0.424. The molecule has 2 aromatic carbocycles. The summed E-state index contributed by atoms with van der Waals surface area (Å²) in [6, 6.07) is 19.4. The van der Waals surface area contributed by atoms with E-state index in [0.717, 1.165) is 31.9 Å². The van der Waals surface area contributed by atoms with E-state index in [9.17, 15) is 0 Å². The van der Waals surface area contributed by atoms with Crippen LogP contribution in [0.2, 0.25) is 0 Å². The monoisotopic (exact) mass is 422 g/mol. The number of nitrogens with zero attached hydrogens (tertiary/aromatic N) is 3. The van der Waals surface area contributed by atoms with E-state index in [1.54, 1.807) is 0 Å². The summed E-state index contributed by atoms with van der Waals surface area (Å²) in [7, 11) is 0. The molecule has 0 radical (unpaired) electrons. The third kappa shape index (κ3) is 3.73. The van der Waals surface area contributed by atoms with Crippen molar-refractivity contribution in [3.8, 4) is 11.3 Å². The SMILES string of the molecule is c1ccc(-c2[nH]c3ccccc3c2CN2CCc3cnc(C4CCCCC4)nc3C2)cc1. The Labute approximate surface area is 189 Å². The minimum Gasteiger partial charge on any atom is -0.354 e. The van der Waals surface area contributed by atoms with E-state index >= 15 is 0 Å². The first-order valence-corrected chi connectivity index (χ1v) is 12.1. The summed E-state index contributed by atoms with van der Waals surface area (Å²) in [5.41, 5.74) is 7.66. The van der Waals surface area contributed by atoms with E-state index in [-0.39, 0.29) is 0 Å². The molecule has 0 amide bonds. The molecule has 4 nitrogen and oxygen atoms in total. The Hall–Kier alpha value is -2.98. The van der Waals surface area contributed by atoms with Crippen LogP contribution in [0.3, 0.4) is 0 Å². The smallest absolute Gasteiger partial charge is 0.131 e. The Morgan fingerprint density at radius 2 is 1.75 bits per heavy atom. The van der Waals surface area contributed by atoms with E-state index < -0.39 is 0 Å². The molecule has 0 saturated heterocycles. The maximum atomic E-state index is 5.10. The first kappa shape index (κ1) is 19.7. The molecule has 1 aliphatic heterocycles. The van der Waals surface area contributed by atoms with Gasteiger partial charge in [-0.2, -0.15) is 0 Å². The van der Waals surface area contributed by atoms with E-state index in [1.807, 2.05) is 0 Å². The predicted octanol–water partition coefficient (Wildman–Crippen LogP) is 6.23. The fourth-order valence-corrected chi connectivity index (χ4v) is 5.50. The zero-order valence-corrected chi connectivity index (χ0v) is 18.6. The average Bonchev–Trinajstić information content (AvgIpc) is 3.23. The van der Waals surface area contributed by atoms with Gasteiger partial charge in [-0.3, -0.25) is 4.90 Å². The first-order chi connectivity index (χ1) is 15.8. The largest absolute Gasteiger partial charge is 0.354 e. The molecule has 3 heterocycles. The van der Waals surface area contributed by atoms with E-state index in [0.29, 0.717) is 5.92 Å². The fraction of sp³-hybridized carbons (Fsp3) is 0.357. The number of rotatable bonds is 4. The summed E-state index contributed by atoms with van der Waals surface area (Å²) in [6.07, 6.45) is 9.65. The summed E-state index contributed by atoms with van der Waals surface area (Å²) >= 11 is 0. The van der Waals surface area contributed by atoms with Gasteiger partial charge in [-0.15, -0.1) is 0 Å². The molecule has 0 atom stereocenters. The Balaban J connectivity index is 1.30. The molecule has 1 N–H and O–H groups in total. The van der Waals surface area contributed by atoms with Crippen molar-refractivity contribution in [1.29, 1.82) is 0 Å². The Morgan fingerprint density at radius 3 is 2.62 bits per heavy atom. The number of aromatic amines is 1. The molecule has 32 heavy (non-hydrogen) atoms. The van der Waals surface area contributed by atoms with Crippen LogP contribution in [0.15, 0.2) is 60.8 Å². The molecule has 1 saturated carbocycles. The normalized spacial score (nSPS) is 17.5. The van der Waals surface area contributed by atoms with Gasteiger partial charge in [0.15, 0.2) is 0 Å². The Bertz CT molecular complexity index is 1220. The maximum Gasteiger partial charge on any atom is 0.131 e. The number of aromatic nitrogens is 3. The highest BCUT2D eigenvalue weighted by atomic mass is 15.1. The summed E-state index contributed by atoms with van der Waals surface area (Å²) in [6.45, 7) is 2.88. The van der Waals surface area contributed by atoms with Crippen LogP contribution >= 0.6 is 0 Å². The topological polar surface area (TPSA) is 44.8 Å². The second kappa shape index (κ2) is 8.51. The Kier molecular flexibility index (Phi) is 5.24.